The van der Waals surface area contributed by atoms with Crippen LogP contribution in [0.15, 0.2) is 0 Å². The van der Waals surface area contributed by atoms with E-state index in [1.54, 1.807) is 13.8 Å². The molecule has 80 valence electrons. The van der Waals surface area contributed by atoms with Crippen LogP contribution in [0.3, 0.4) is 0 Å². The fraction of sp³-hybridized carbons (Fsp3) is 0.800. The van der Waals surface area contributed by atoms with E-state index in [9.17, 15) is 14.7 Å². The Kier molecular flexibility index (Phi) is 2.95. The molecule has 0 amide bonds. The van der Waals surface area contributed by atoms with Gasteiger partial charge in [0.1, 0.15) is 11.5 Å². The molecule has 1 rings (SSSR count). The van der Waals surface area contributed by atoms with Crippen molar-refractivity contribution in [1.82, 2.24) is 0 Å². The number of ketones is 1. The van der Waals surface area contributed by atoms with E-state index in [1.807, 2.05) is 6.92 Å². The summed E-state index contributed by atoms with van der Waals surface area (Å²) in [6, 6.07) is 0. The van der Waals surface area contributed by atoms with Gasteiger partial charge in [-0.05, 0) is 20.3 Å². The number of Topliss-reactive ketones (excluding diaryl/α,β-unsaturated/α-hetero) is 1. The maximum absolute atomic E-state index is 11.5. The van der Waals surface area contributed by atoms with Crippen LogP contribution in [0.2, 0.25) is 0 Å². The minimum Gasteiger partial charge on any atom is -0.453 e. The highest BCUT2D eigenvalue weighted by atomic mass is 16.6. The quantitative estimate of drug-likeness (QED) is 0.677. The summed E-state index contributed by atoms with van der Waals surface area (Å²) in [6.45, 7) is 5.19. The van der Waals surface area contributed by atoms with Crippen LogP contribution in [-0.4, -0.2) is 29.1 Å². The first-order chi connectivity index (χ1) is 6.41. The number of ether oxygens (including phenoxy) is 1. The van der Waals surface area contributed by atoms with E-state index >= 15 is 0 Å². The number of aliphatic hydroxyl groups is 1. The molecule has 4 heteroatoms. The zero-order valence-corrected chi connectivity index (χ0v) is 8.74. The second-order valence-electron chi connectivity index (χ2n) is 4.21. The predicted octanol–water partition coefficient (Wildman–Crippen LogP) is 0.668. The third kappa shape index (κ3) is 1.66. The van der Waals surface area contributed by atoms with Gasteiger partial charge in [0.05, 0.1) is 0 Å². The molecule has 2 unspecified atom stereocenters. The molecule has 0 aliphatic carbocycles. The molecule has 0 aromatic rings. The van der Waals surface area contributed by atoms with Crippen molar-refractivity contribution >= 4 is 11.8 Å². The van der Waals surface area contributed by atoms with Gasteiger partial charge in [-0.2, -0.15) is 0 Å². The van der Waals surface area contributed by atoms with Crippen LogP contribution in [-0.2, 0) is 14.3 Å². The molecule has 0 saturated carbocycles. The lowest BCUT2D eigenvalue weighted by atomic mass is 9.78. The van der Waals surface area contributed by atoms with Gasteiger partial charge in [0.15, 0.2) is 6.10 Å². The summed E-state index contributed by atoms with van der Waals surface area (Å²) in [7, 11) is 0. The number of hydrogen-bond acceptors (Lipinski definition) is 4. The Morgan fingerprint density at radius 1 is 1.64 bits per heavy atom. The summed E-state index contributed by atoms with van der Waals surface area (Å²) < 4.78 is 4.74. The number of cyclic esters (lactones) is 1. The highest BCUT2D eigenvalue weighted by Gasteiger charge is 2.55. The van der Waals surface area contributed by atoms with E-state index in [0.29, 0.717) is 6.42 Å². The molecule has 0 aromatic carbocycles. The summed E-state index contributed by atoms with van der Waals surface area (Å²) in [5.41, 5.74) is -0.772. The number of carbonyl (C=O) groups is 2. The van der Waals surface area contributed by atoms with Gasteiger partial charge < -0.3 is 9.84 Å². The number of carbonyl (C=O) groups excluding carboxylic acids is 2. The largest absolute Gasteiger partial charge is 0.453 e. The third-order valence-electron chi connectivity index (χ3n) is 2.56. The van der Waals surface area contributed by atoms with Gasteiger partial charge in [-0.25, -0.2) is 0 Å². The highest BCUT2D eigenvalue weighted by molar-refractivity contribution is 5.99. The molecular formula is C10H16O4. The molecule has 0 aromatic heterocycles. The van der Waals surface area contributed by atoms with E-state index < -0.39 is 17.6 Å². The van der Waals surface area contributed by atoms with E-state index in [1.165, 1.54) is 0 Å². The van der Waals surface area contributed by atoms with Crippen LogP contribution in [0.1, 0.15) is 33.6 Å². The summed E-state index contributed by atoms with van der Waals surface area (Å²) in [5, 5.41) is 9.43. The minimum atomic E-state index is -1.00. The van der Waals surface area contributed by atoms with Crippen molar-refractivity contribution in [1.29, 1.82) is 0 Å². The maximum Gasteiger partial charge on any atom is 0.316 e. The lowest BCUT2D eigenvalue weighted by Crippen LogP contribution is -2.59. The molecule has 1 N–H and O–H groups in total. The number of esters is 1. The van der Waals surface area contributed by atoms with Gasteiger partial charge in [-0.15, -0.1) is 0 Å². The van der Waals surface area contributed by atoms with Crippen molar-refractivity contribution in [3.63, 3.8) is 0 Å². The Morgan fingerprint density at radius 2 is 2.21 bits per heavy atom. The SMILES string of the molecule is CCCC(O)C(=O)C1OC(=O)C1(C)C. The van der Waals surface area contributed by atoms with Crippen molar-refractivity contribution in [3.8, 4) is 0 Å². The molecule has 0 bridgehead atoms. The normalized spacial score (nSPS) is 26.3. The molecule has 0 spiro atoms. The number of hydrogen-bond donors (Lipinski definition) is 1. The van der Waals surface area contributed by atoms with Gasteiger partial charge in [-0.1, -0.05) is 13.3 Å². The average Bonchev–Trinajstić information content (AvgIpc) is 2.13. The third-order valence-corrected chi connectivity index (χ3v) is 2.56. The van der Waals surface area contributed by atoms with E-state index in [0.717, 1.165) is 6.42 Å². The Hall–Kier alpha value is -0.900. The summed E-state index contributed by atoms with van der Waals surface area (Å²) in [6.07, 6.45) is -0.620. The number of aliphatic hydroxyl groups excluding tert-OH is 1. The fourth-order valence-electron chi connectivity index (χ4n) is 1.46. The second-order valence-corrected chi connectivity index (χ2v) is 4.21. The Labute approximate surface area is 83.2 Å². The molecule has 1 aliphatic heterocycles. The fourth-order valence-corrected chi connectivity index (χ4v) is 1.46. The van der Waals surface area contributed by atoms with Crippen LogP contribution >= 0.6 is 0 Å². The highest BCUT2D eigenvalue weighted by Crippen LogP contribution is 2.36. The van der Waals surface area contributed by atoms with Gasteiger partial charge in [0.2, 0.25) is 5.78 Å². The molecular weight excluding hydrogens is 184 g/mol. The van der Waals surface area contributed by atoms with Crippen molar-refractivity contribution in [2.75, 3.05) is 0 Å². The molecule has 1 heterocycles. The lowest BCUT2D eigenvalue weighted by molar-refractivity contribution is -0.204. The second kappa shape index (κ2) is 3.69. The Balaban J connectivity index is 2.60. The zero-order valence-electron chi connectivity index (χ0n) is 8.74. The van der Waals surface area contributed by atoms with Crippen LogP contribution in [0.25, 0.3) is 0 Å². The molecule has 4 nitrogen and oxygen atoms in total. The molecule has 14 heavy (non-hydrogen) atoms. The van der Waals surface area contributed by atoms with Gasteiger partial charge in [0, 0.05) is 0 Å². The van der Waals surface area contributed by atoms with Crippen LogP contribution < -0.4 is 0 Å². The summed E-state index contributed by atoms with van der Waals surface area (Å²) in [4.78, 5) is 22.5. The predicted molar refractivity (Wildman–Crippen MR) is 49.6 cm³/mol. The zero-order chi connectivity index (χ0) is 10.9. The molecule has 1 aliphatic rings. The monoisotopic (exact) mass is 200 g/mol. The first-order valence-corrected chi connectivity index (χ1v) is 4.84. The Bertz CT molecular complexity index is 257. The van der Waals surface area contributed by atoms with E-state index in [-0.39, 0.29) is 11.8 Å². The van der Waals surface area contributed by atoms with Gasteiger partial charge in [-0.3, -0.25) is 9.59 Å². The first kappa shape index (κ1) is 11.2. The average molecular weight is 200 g/mol. The molecule has 0 radical (unpaired) electrons. The van der Waals surface area contributed by atoms with Crippen LogP contribution in [0.4, 0.5) is 0 Å². The van der Waals surface area contributed by atoms with Crippen molar-refractivity contribution in [2.45, 2.75) is 45.8 Å². The molecule has 1 saturated heterocycles. The smallest absolute Gasteiger partial charge is 0.316 e. The van der Waals surface area contributed by atoms with E-state index in [2.05, 4.69) is 0 Å². The molecule has 2 atom stereocenters. The summed E-state index contributed by atoms with van der Waals surface area (Å²) >= 11 is 0. The lowest BCUT2D eigenvalue weighted by Gasteiger charge is -2.41. The van der Waals surface area contributed by atoms with Crippen LogP contribution in [0, 0.1) is 5.41 Å². The first-order valence-electron chi connectivity index (χ1n) is 4.84. The van der Waals surface area contributed by atoms with Crippen LogP contribution in [0.5, 0.6) is 0 Å². The van der Waals surface area contributed by atoms with Gasteiger partial charge >= 0.3 is 5.97 Å². The standard InChI is InChI=1S/C10H16O4/c1-4-5-6(11)7(12)8-10(2,3)9(13)14-8/h6,8,11H,4-5H2,1-3H3. The number of rotatable bonds is 4. The van der Waals surface area contributed by atoms with Crippen molar-refractivity contribution in [3.05, 3.63) is 0 Å². The molecule has 1 fully saturated rings. The Morgan fingerprint density at radius 3 is 2.57 bits per heavy atom. The van der Waals surface area contributed by atoms with Gasteiger partial charge in [0.25, 0.3) is 0 Å². The van der Waals surface area contributed by atoms with Crippen molar-refractivity contribution in [2.24, 2.45) is 5.41 Å². The minimum absolute atomic E-state index is 0.375. The topological polar surface area (TPSA) is 63.6 Å². The van der Waals surface area contributed by atoms with E-state index in [4.69, 9.17) is 4.74 Å². The van der Waals surface area contributed by atoms with Crippen molar-refractivity contribution < 1.29 is 19.4 Å². The summed E-state index contributed by atoms with van der Waals surface area (Å²) in [5.74, 6) is -0.754. The maximum atomic E-state index is 11.5.